The predicted molar refractivity (Wildman–Crippen MR) is 127 cm³/mol. The lowest BCUT2D eigenvalue weighted by Crippen LogP contribution is -2.43. The average Bonchev–Trinajstić information content (AvgIpc) is 2.84. The molecule has 3 aromatic rings. The molecule has 1 aliphatic rings. The van der Waals surface area contributed by atoms with Crippen molar-refractivity contribution in [2.24, 2.45) is 0 Å². The zero-order valence-corrected chi connectivity index (χ0v) is 18.9. The number of anilines is 2. The number of nitrogens with zero attached hydrogens (tertiary/aromatic N) is 4. The van der Waals surface area contributed by atoms with Crippen molar-refractivity contribution in [3.05, 3.63) is 82.5 Å². The summed E-state index contributed by atoms with van der Waals surface area (Å²) in [5, 5.41) is 10.9. The minimum absolute atomic E-state index is 0.0244. The molecule has 1 fully saturated rings. The van der Waals surface area contributed by atoms with Crippen LogP contribution >= 0.6 is 0 Å². The van der Waals surface area contributed by atoms with Crippen molar-refractivity contribution in [3.8, 4) is 11.5 Å². The van der Waals surface area contributed by atoms with Gasteiger partial charge in [-0.05, 0) is 68.4 Å². The summed E-state index contributed by atoms with van der Waals surface area (Å²) in [5.74, 6) is 2.17. The molecule has 1 atom stereocenters. The molecule has 8 nitrogen and oxygen atoms in total. The highest BCUT2D eigenvalue weighted by Crippen LogP contribution is 2.29. The van der Waals surface area contributed by atoms with Gasteiger partial charge in [0.15, 0.2) is 0 Å². The second-order valence-corrected chi connectivity index (χ2v) is 8.03. The third kappa shape index (κ3) is 5.66. The first-order valence-corrected chi connectivity index (χ1v) is 11.1. The summed E-state index contributed by atoms with van der Waals surface area (Å²) in [4.78, 5) is 19.0. The molecular weight excluding hydrogens is 420 g/mol. The van der Waals surface area contributed by atoms with Crippen LogP contribution in [-0.4, -0.2) is 54.2 Å². The molecule has 8 heteroatoms. The molecule has 1 aliphatic heterocycles. The van der Waals surface area contributed by atoms with E-state index in [0.717, 1.165) is 43.4 Å². The number of aromatic nitrogens is 1. The van der Waals surface area contributed by atoms with Gasteiger partial charge in [-0.25, -0.2) is 4.98 Å². The summed E-state index contributed by atoms with van der Waals surface area (Å²) >= 11 is 0. The van der Waals surface area contributed by atoms with Crippen LogP contribution in [0.2, 0.25) is 0 Å². The van der Waals surface area contributed by atoms with Crippen molar-refractivity contribution in [1.82, 2.24) is 9.88 Å². The summed E-state index contributed by atoms with van der Waals surface area (Å²) in [6.07, 6.45) is 2.23. The quantitative estimate of drug-likeness (QED) is 0.361. The second kappa shape index (κ2) is 10.4. The second-order valence-electron chi connectivity index (χ2n) is 8.03. The Morgan fingerprint density at radius 2 is 1.82 bits per heavy atom. The summed E-state index contributed by atoms with van der Waals surface area (Å²) < 4.78 is 11.6. The number of nitro groups is 1. The van der Waals surface area contributed by atoms with Crippen molar-refractivity contribution >= 4 is 17.2 Å². The molecule has 2 aromatic carbocycles. The molecule has 1 unspecified atom stereocenters. The molecule has 1 aromatic heterocycles. The van der Waals surface area contributed by atoms with Gasteiger partial charge in [0.2, 0.25) is 0 Å². The Balaban J connectivity index is 1.39. The van der Waals surface area contributed by atoms with E-state index in [1.54, 1.807) is 6.07 Å². The summed E-state index contributed by atoms with van der Waals surface area (Å²) in [6.45, 7) is 5.22. The highest BCUT2D eigenvalue weighted by molar-refractivity contribution is 5.61. The summed E-state index contributed by atoms with van der Waals surface area (Å²) in [6, 6.07) is 19.4. The molecule has 1 saturated heterocycles. The predicted octanol–water partition coefficient (Wildman–Crippen LogP) is 4.81. The highest BCUT2D eigenvalue weighted by Gasteiger charge is 2.19. The van der Waals surface area contributed by atoms with E-state index < -0.39 is 4.92 Å². The number of pyridine rings is 1. The lowest BCUT2D eigenvalue weighted by atomic mass is 10.0. The number of benzene rings is 2. The molecule has 0 aliphatic carbocycles. The topological polar surface area (TPSA) is 81.0 Å². The SMILES string of the molecule is CCN(c1ccc(Oc2ccc(CC3COCCN3C)cc2)cc1)c1ccc([N+](=O)[O-])cn1. The number of morpholine rings is 1. The zero-order valence-electron chi connectivity index (χ0n) is 18.9. The summed E-state index contributed by atoms with van der Waals surface area (Å²) in [5.41, 5.74) is 2.17. The maximum Gasteiger partial charge on any atom is 0.287 e. The van der Waals surface area contributed by atoms with Crippen LogP contribution < -0.4 is 9.64 Å². The van der Waals surface area contributed by atoms with E-state index in [1.165, 1.54) is 17.8 Å². The van der Waals surface area contributed by atoms with Gasteiger partial charge in [0.1, 0.15) is 23.5 Å². The monoisotopic (exact) mass is 448 g/mol. The first-order valence-electron chi connectivity index (χ1n) is 11.1. The number of likely N-dealkylation sites (N-methyl/N-ethyl adjacent to an activating group) is 1. The Morgan fingerprint density at radius 3 is 2.39 bits per heavy atom. The standard InChI is InChI=1S/C25H28N4O4/c1-3-28(25-13-8-21(17-26-25)29(30)31)20-6-11-24(12-7-20)33-23-9-4-19(5-10-23)16-22-18-32-15-14-27(22)2/h4-13,17,22H,3,14-16,18H2,1-2H3. The van der Waals surface area contributed by atoms with Crippen molar-refractivity contribution < 1.29 is 14.4 Å². The number of hydrogen-bond acceptors (Lipinski definition) is 7. The molecular formula is C25H28N4O4. The van der Waals surface area contributed by atoms with E-state index in [0.29, 0.717) is 18.4 Å². The fourth-order valence-electron chi connectivity index (χ4n) is 3.87. The third-order valence-electron chi connectivity index (χ3n) is 5.84. The van der Waals surface area contributed by atoms with Crippen LogP contribution in [0.5, 0.6) is 11.5 Å². The molecule has 0 bridgehead atoms. The minimum atomic E-state index is -0.450. The van der Waals surface area contributed by atoms with Crippen LogP contribution in [0.15, 0.2) is 66.9 Å². The van der Waals surface area contributed by atoms with Crippen LogP contribution in [0.3, 0.4) is 0 Å². The van der Waals surface area contributed by atoms with Crippen molar-refractivity contribution in [2.45, 2.75) is 19.4 Å². The van der Waals surface area contributed by atoms with Crippen molar-refractivity contribution in [1.29, 1.82) is 0 Å². The smallest absolute Gasteiger partial charge is 0.287 e. The van der Waals surface area contributed by atoms with Gasteiger partial charge in [0, 0.05) is 30.9 Å². The molecule has 2 heterocycles. The van der Waals surface area contributed by atoms with Crippen LogP contribution in [0.4, 0.5) is 17.2 Å². The number of rotatable bonds is 8. The van der Waals surface area contributed by atoms with E-state index in [2.05, 4.69) is 29.1 Å². The maximum atomic E-state index is 10.9. The fourth-order valence-corrected chi connectivity index (χ4v) is 3.87. The Hall–Kier alpha value is -3.49. The Bertz CT molecular complexity index is 1060. The first kappa shape index (κ1) is 22.7. The maximum absolute atomic E-state index is 10.9. The minimum Gasteiger partial charge on any atom is -0.457 e. The van der Waals surface area contributed by atoms with Gasteiger partial charge >= 0.3 is 0 Å². The molecule has 0 amide bonds. The van der Waals surface area contributed by atoms with Gasteiger partial charge in [0.05, 0.1) is 18.1 Å². The average molecular weight is 449 g/mol. The zero-order chi connectivity index (χ0) is 23.2. The van der Waals surface area contributed by atoms with Gasteiger partial charge in [-0.15, -0.1) is 0 Å². The fraction of sp³-hybridized carbons (Fsp3) is 0.320. The Labute approximate surface area is 193 Å². The van der Waals surface area contributed by atoms with Gasteiger partial charge in [-0.3, -0.25) is 15.0 Å². The normalized spacial score (nSPS) is 16.4. The molecule has 0 spiro atoms. The van der Waals surface area contributed by atoms with Gasteiger partial charge < -0.3 is 14.4 Å². The van der Waals surface area contributed by atoms with Crippen LogP contribution in [0.1, 0.15) is 12.5 Å². The molecule has 4 rings (SSSR count). The first-order chi connectivity index (χ1) is 16.0. The number of ether oxygens (including phenoxy) is 2. The Kier molecular flexibility index (Phi) is 7.16. The van der Waals surface area contributed by atoms with Crippen LogP contribution in [0.25, 0.3) is 0 Å². The van der Waals surface area contributed by atoms with Gasteiger partial charge in [0.25, 0.3) is 5.69 Å². The Morgan fingerprint density at radius 1 is 1.12 bits per heavy atom. The van der Waals surface area contributed by atoms with Crippen LogP contribution in [0, 0.1) is 10.1 Å². The van der Waals surface area contributed by atoms with E-state index in [1.807, 2.05) is 48.2 Å². The summed E-state index contributed by atoms with van der Waals surface area (Å²) in [7, 11) is 2.14. The molecule has 33 heavy (non-hydrogen) atoms. The van der Waals surface area contributed by atoms with E-state index in [-0.39, 0.29) is 5.69 Å². The lowest BCUT2D eigenvalue weighted by molar-refractivity contribution is -0.385. The van der Waals surface area contributed by atoms with Gasteiger partial charge in [-0.2, -0.15) is 0 Å². The van der Waals surface area contributed by atoms with Crippen molar-refractivity contribution in [2.75, 3.05) is 38.3 Å². The molecule has 172 valence electrons. The molecule has 0 saturated carbocycles. The number of hydrogen-bond donors (Lipinski definition) is 0. The van der Waals surface area contributed by atoms with E-state index in [4.69, 9.17) is 9.47 Å². The highest BCUT2D eigenvalue weighted by atomic mass is 16.6. The van der Waals surface area contributed by atoms with E-state index in [9.17, 15) is 10.1 Å². The largest absolute Gasteiger partial charge is 0.457 e. The molecule has 0 radical (unpaired) electrons. The molecule has 0 N–H and O–H groups in total. The van der Waals surface area contributed by atoms with Crippen molar-refractivity contribution in [3.63, 3.8) is 0 Å². The lowest BCUT2D eigenvalue weighted by Gasteiger charge is -2.32. The van der Waals surface area contributed by atoms with Crippen LogP contribution in [-0.2, 0) is 11.2 Å². The van der Waals surface area contributed by atoms with Gasteiger partial charge in [-0.1, -0.05) is 12.1 Å². The third-order valence-corrected chi connectivity index (χ3v) is 5.84. The van der Waals surface area contributed by atoms with E-state index >= 15 is 0 Å².